The van der Waals surface area contributed by atoms with Crippen molar-refractivity contribution in [1.29, 1.82) is 0 Å². The van der Waals surface area contributed by atoms with Crippen LogP contribution in [0.25, 0.3) is 0 Å². The molecule has 0 fully saturated rings. The molecule has 2 aromatic rings. The highest BCUT2D eigenvalue weighted by molar-refractivity contribution is 7.09. The van der Waals surface area contributed by atoms with Gasteiger partial charge in [-0.25, -0.2) is 4.98 Å². The van der Waals surface area contributed by atoms with Crippen LogP contribution in [0.1, 0.15) is 29.2 Å². The summed E-state index contributed by atoms with van der Waals surface area (Å²) in [6.07, 6.45) is 0. The Morgan fingerprint density at radius 1 is 1.35 bits per heavy atom. The van der Waals surface area contributed by atoms with E-state index >= 15 is 0 Å². The fourth-order valence-electron chi connectivity index (χ4n) is 1.67. The molecule has 0 saturated heterocycles. The number of aromatic nitrogens is 1. The van der Waals surface area contributed by atoms with E-state index in [9.17, 15) is 0 Å². The summed E-state index contributed by atoms with van der Waals surface area (Å²) in [5.41, 5.74) is 9.99. The molecule has 3 N–H and O–H groups in total. The quantitative estimate of drug-likeness (QED) is 0.816. The molecule has 0 amide bonds. The molecule has 0 radical (unpaired) electrons. The minimum atomic E-state index is 0.179. The van der Waals surface area contributed by atoms with Crippen LogP contribution in [-0.4, -0.2) is 4.98 Å². The molecule has 1 unspecified atom stereocenters. The summed E-state index contributed by atoms with van der Waals surface area (Å²) < 4.78 is 0. The minimum absolute atomic E-state index is 0.179. The fraction of sp³-hybridized carbons (Fsp3) is 0.308. The van der Waals surface area contributed by atoms with Crippen LogP contribution >= 0.6 is 11.3 Å². The van der Waals surface area contributed by atoms with Gasteiger partial charge < -0.3 is 11.1 Å². The van der Waals surface area contributed by atoms with Crippen LogP contribution in [0.15, 0.2) is 23.6 Å². The monoisotopic (exact) mass is 247 g/mol. The molecule has 0 aliphatic rings. The van der Waals surface area contributed by atoms with Gasteiger partial charge in [0.1, 0.15) is 5.01 Å². The maximum absolute atomic E-state index is 6.03. The molecule has 1 aromatic carbocycles. The average Bonchev–Trinajstić information content (AvgIpc) is 2.72. The zero-order valence-electron chi connectivity index (χ0n) is 10.3. The Kier molecular flexibility index (Phi) is 3.33. The predicted octanol–water partition coefficient (Wildman–Crippen LogP) is 3.52. The summed E-state index contributed by atoms with van der Waals surface area (Å²) in [5.74, 6) is 0. The zero-order chi connectivity index (χ0) is 12.4. The number of nitrogen functional groups attached to an aromatic ring is 1. The van der Waals surface area contributed by atoms with Gasteiger partial charge >= 0.3 is 0 Å². The van der Waals surface area contributed by atoms with E-state index in [-0.39, 0.29) is 6.04 Å². The summed E-state index contributed by atoms with van der Waals surface area (Å²) in [5, 5.41) is 6.55. The van der Waals surface area contributed by atoms with Crippen molar-refractivity contribution in [3.8, 4) is 0 Å². The number of hydrogen-bond acceptors (Lipinski definition) is 4. The van der Waals surface area contributed by atoms with Gasteiger partial charge in [-0.3, -0.25) is 0 Å². The third-order valence-electron chi connectivity index (χ3n) is 2.70. The van der Waals surface area contributed by atoms with Crippen molar-refractivity contribution >= 4 is 22.7 Å². The molecular weight excluding hydrogens is 230 g/mol. The first-order chi connectivity index (χ1) is 8.08. The van der Waals surface area contributed by atoms with Crippen molar-refractivity contribution in [3.05, 3.63) is 39.8 Å². The molecule has 17 heavy (non-hydrogen) atoms. The molecule has 1 heterocycles. The molecule has 1 atom stereocenters. The van der Waals surface area contributed by atoms with Gasteiger partial charge in [0, 0.05) is 11.1 Å². The number of benzene rings is 1. The summed E-state index contributed by atoms with van der Waals surface area (Å²) in [7, 11) is 0. The van der Waals surface area contributed by atoms with Crippen molar-refractivity contribution in [2.45, 2.75) is 26.8 Å². The lowest BCUT2D eigenvalue weighted by Gasteiger charge is -2.15. The van der Waals surface area contributed by atoms with E-state index in [4.69, 9.17) is 5.73 Å². The Bertz CT molecular complexity index is 519. The summed E-state index contributed by atoms with van der Waals surface area (Å²) >= 11 is 1.67. The van der Waals surface area contributed by atoms with E-state index in [1.165, 1.54) is 0 Å². The van der Waals surface area contributed by atoms with Crippen LogP contribution in [0.4, 0.5) is 11.4 Å². The number of aryl methyl sites for hydroxylation is 2. The van der Waals surface area contributed by atoms with E-state index < -0.39 is 0 Å². The molecule has 0 saturated carbocycles. The zero-order valence-corrected chi connectivity index (χ0v) is 11.1. The van der Waals surface area contributed by atoms with Gasteiger partial charge in [0.15, 0.2) is 0 Å². The van der Waals surface area contributed by atoms with Crippen LogP contribution in [-0.2, 0) is 0 Å². The summed E-state index contributed by atoms with van der Waals surface area (Å²) in [6, 6.07) is 6.20. The van der Waals surface area contributed by atoms with Crippen molar-refractivity contribution in [2.75, 3.05) is 11.1 Å². The fourth-order valence-corrected chi connectivity index (χ4v) is 2.48. The van der Waals surface area contributed by atoms with Gasteiger partial charge in [-0.2, -0.15) is 0 Å². The smallest absolute Gasteiger partial charge is 0.115 e. The summed E-state index contributed by atoms with van der Waals surface area (Å²) in [6.45, 7) is 6.12. The van der Waals surface area contributed by atoms with Gasteiger partial charge in [-0.05, 0) is 32.4 Å². The van der Waals surface area contributed by atoms with E-state index in [1.54, 1.807) is 11.3 Å². The highest BCUT2D eigenvalue weighted by atomic mass is 32.1. The molecule has 0 bridgehead atoms. The molecule has 0 spiro atoms. The van der Waals surface area contributed by atoms with Crippen molar-refractivity contribution in [3.63, 3.8) is 0 Å². The van der Waals surface area contributed by atoms with Gasteiger partial charge in [0.2, 0.25) is 0 Å². The van der Waals surface area contributed by atoms with E-state index in [0.717, 1.165) is 27.6 Å². The van der Waals surface area contributed by atoms with Crippen molar-refractivity contribution < 1.29 is 0 Å². The molecule has 0 aliphatic heterocycles. The number of hydrogen-bond donors (Lipinski definition) is 2. The van der Waals surface area contributed by atoms with Gasteiger partial charge in [-0.15, -0.1) is 11.3 Å². The Labute approximate surface area is 106 Å². The Balaban J connectivity index is 2.18. The van der Waals surface area contributed by atoms with Crippen LogP contribution in [0.2, 0.25) is 0 Å². The maximum Gasteiger partial charge on any atom is 0.115 e. The highest BCUT2D eigenvalue weighted by Crippen LogP contribution is 2.27. The summed E-state index contributed by atoms with van der Waals surface area (Å²) in [4.78, 5) is 4.47. The number of para-hydroxylation sites is 1. The lowest BCUT2D eigenvalue weighted by molar-refractivity contribution is 0.864. The number of rotatable bonds is 3. The number of nitrogens with two attached hydrogens (primary N) is 1. The lowest BCUT2D eigenvalue weighted by Crippen LogP contribution is -2.08. The molecule has 90 valence electrons. The molecule has 0 aliphatic carbocycles. The second-order valence-corrected chi connectivity index (χ2v) is 5.12. The second-order valence-electron chi connectivity index (χ2n) is 4.23. The SMILES string of the molecule is Cc1csc(C(C)Nc2cccc(C)c2N)n1. The first-order valence-electron chi connectivity index (χ1n) is 5.61. The Morgan fingerprint density at radius 3 is 2.76 bits per heavy atom. The number of nitrogens with one attached hydrogen (secondary N) is 1. The third-order valence-corrected chi connectivity index (χ3v) is 3.85. The number of anilines is 2. The highest BCUT2D eigenvalue weighted by Gasteiger charge is 2.11. The first kappa shape index (κ1) is 11.9. The van der Waals surface area contributed by atoms with Crippen LogP contribution in [0, 0.1) is 13.8 Å². The molecular formula is C13H17N3S. The van der Waals surface area contributed by atoms with Crippen molar-refractivity contribution in [2.24, 2.45) is 0 Å². The number of thiazole rings is 1. The third kappa shape index (κ3) is 2.58. The van der Waals surface area contributed by atoms with E-state index in [1.807, 2.05) is 32.0 Å². The van der Waals surface area contributed by atoms with Crippen LogP contribution in [0.3, 0.4) is 0 Å². The molecule has 1 aromatic heterocycles. The van der Waals surface area contributed by atoms with E-state index in [2.05, 4.69) is 22.6 Å². The Hall–Kier alpha value is -1.55. The van der Waals surface area contributed by atoms with Crippen molar-refractivity contribution in [1.82, 2.24) is 4.98 Å². The van der Waals surface area contributed by atoms with Crippen LogP contribution in [0.5, 0.6) is 0 Å². The topological polar surface area (TPSA) is 50.9 Å². The van der Waals surface area contributed by atoms with Gasteiger partial charge in [-0.1, -0.05) is 12.1 Å². The maximum atomic E-state index is 6.03. The van der Waals surface area contributed by atoms with Gasteiger partial charge in [0.05, 0.1) is 17.4 Å². The molecule has 2 rings (SSSR count). The average molecular weight is 247 g/mol. The minimum Gasteiger partial charge on any atom is -0.397 e. The number of nitrogens with zero attached hydrogens (tertiary/aromatic N) is 1. The van der Waals surface area contributed by atoms with Crippen LogP contribution < -0.4 is 11.1 Å². The molecule has 3 nitrogen and oxygen atoms in total. The van der Waals surface area contributed by atoms with E-state index in [0.29, 0.717) is 0 Å². The van der Waals surface area contributed by atoms with Gasteiger partial charge in [0.25, 0.3) is 0 Å². The normalized spacial score (nSPS) is 12.4. The Morgan fingerprint density at radius 2 is 2.12 bits per heavy atom. The molecule has 4 heteroatoms. The first-order valence-corrected chi connectivity index (χ1v) is 6.49. The predicted molar refractivity (Wildman–Crippen MR) is 74.5 cm³/mol. The largest absolute Gasteiger partial charge is 0.397 e. The lowest BCUT2D eigenvalue weighted by atomic mass is 10.1. The second kappa shape index (κ2) is 4.75. The standard InChI is InChI=1S/C13H17N3S/c1-8-5-4-6-11(12(8)14)16-10(3)13-15-9(2)7-17-13/h4-7,10,16H,14H2,1-3H3.